The molecule has 1 heterocycles. The van der Waals surface area contributed by atoms with Gasteiger partial charge in [0.05, 0.1) is 6.61 Å². The summed E-state index contributed by atoms with van der Waals surface area (Å²) in [5, 5.41) is 11.6. The number of para-hydroxylation sites is 1. The van der Waals surface area contributed by atoms with E-state index in [1.54, 1.807) is 7.11 Å². The van der Waals surface area contributed by atoms with E-state index in [0.717, 1.165) is 5.56 Å². The van der Waals surface area contributed by atoms with Crippen LogP contribution in [0.1, 0.15) is 18.4 Å². The minimum absolute atomic E-state index is 0.291. The van der Waals surface area contributed by atoms with Crippen LogP contribution >= 0.6 is 0 Å². The maximum Gasteiger partial charge on any atom is 0.332 e. The van der Waals surface area contributed by atoms with Crippen molar-refractivity contribution in [2.45, 2.75) is 31.6 Å². The normalized spacial score (nSPS) is 20.2. The summed E-state index contributed by atoms with van der Waals surface area (Å²) >= 11 is 0. The van der Waals surface area contributed by atoms with Gasteiger partial charge in [0.15, 0.2) is 6.10 Å². The molecule has 1 saturated heterocycles. The lowest BCUT2D eigenvalue weighted by molar-refractivity contribution is -0.151. The Hall–Kier alpha value is -2.12. The Kier molecular flexibility index (Phi) is 6.37. The van der Waals surface area contributed by atoms with Crippen LogP contribution in [0.15, 0.2) is 24.3 Å². The van der Waals surface area contributed by atoms with Crippen LogP contribution < -0.4 is 10.1 Å². The molecule has 1 aromatic rings. The molecular formula is C16H21NO6. The lowest BCUT2D eigenvalue weighted by Crippen LogP contribution is -2.35. The molecule has 1 fully saturated rings. The van der Waals surface area contributed by atoms with Crippen molar-refractivity contribution < 1.29 is 28.9 Å². The zero-order valence-corrected chi connectivity index (χ0v) is 13.0. The molecule has 0 spiro atoms. The van der Waals surface area contributed by atoms with Crippen LogP contribution in [0.25, 0.3) is 0 Å². The fourth-order valence-corrected chi connectivity index (χ4v) is 2.33. The van der Waals surface area contributed by atoms with Crippen LogP contribution in [0, 0.1) is 0 Å². The van der Waals surface area contributed by atoms with Crippen LogP contribution in [-0.2, 0) is 25.6 Å². The van der Waals surface area contributed by atoms with E-state index in [9.17, 15) is 9.59 Å². The van der Waals surface area contributed by atoms with E-state index in [-0.39, 0.29) is 5.91 Å². The predicted octanol–water partition coefficient (Wildman–Crippen LogP) is 0.960. The fraction of sp³-hybridized carbons (Fsp3) is 0.500. The van der Waals surface area contributed by atoms with Gasteiger partial charge in [-0.25, -0.2) is 4.79 Å². The van der Waals surface area contributed by atoms with Gasteiger partial charge in [-0.15, -0.1) is 0 Å². The molecule has 126 valence electrons. The number of carbonyl (C=O) groups is 2. The average molecular weight is 323 g/mol. The smallest absolute Gasteiger partial charge is 0.332 e. The molecule has 0 aliphatic carbocycles. The van der Waals surface area contributed by atoms with E-state index in [0.29, 0.717) is 38.3 Å². The van der Waals surface area contributed by atoms with Crippen molar-refractivity contribution in [1.29, 1.82) is 0 Å². The SMILES string of the molecule is COCCOc1ccccc1CNC(=O)[C@@H]1CC[C@H](C(=O)O)O1. The molecule has 1 aliphatic heterocycles. The molecule has 0 radical (unpaired) electrons. The molecule has 0 aromatic heterocycles. The van der Waals surface area contributed by atoms with Gasteiger partial charge in [0.25, 0.3) is 0 Å². The van der Waals surface area contributed by atoms with Crippen molar-refractivity contribution in [3.05, 3.63) is 29.8 Å². The summed E-state index contributed by atoms with van der Waals surface area (Å²) in [6.45, 7) is 1.19. The minimum atomic E-state index is -1.03. The Morgan fingerprint density at radius 2 is 2.00 bits per heavy atom. The summed E-state index contributed by atoms with van der Waals surface area (Å²) < 4.78 is 15.8. The molecular weight excluding hydrogens is 302 g/mol. The van der Waals surface area contributed by atoms with Gasteiger partial charge in [0.1, 0.15) is 18.5 Å². The highest BCUT2D eigenvalue weighted by atomic mass is 16.5. The number of rotatable bonds is 8. The second-order valence-electron chi connectivity index (χ2n) is 5.20. The number of hydrogen-bond donors (Lipinski definition) is 2. The molecule has 1 aliphatic rings. The van der Waals surface area contributed by atoms with Crippen LogP contribution in [-0.4, -0.2) is 49.5 Å². The zero-order chi connectivity index (χ0) is 16.7. The standard InChI is InChI=1S/C16H21NO6/c1-21-8-9-22-12-5-3-2-4-11(12)10-17-15(18)13-6-7-14(23-13)16(19)20/h2-5,13-14H,6-10H2,1H3,(H,17,18)(H,19,20)/t13-,14+/m0/s1. The molecule has 0 unspecified atom stereocenters. The third-order valence-electron chi connectivity index (χ3n) is 3.56. The first-order valence-corrected chi connectivity index (χ1v) is 7.47. The molecule has 1 amide bonds. The Labute approximate surface area is 134 Å². The van der Waals surface area contributed by atoms with Gasteiger partial charge in [0, 0.05) is 19.2 Å². The van der Waals surface area contributed by atoms with E-state index in [4.69, 9.17) is 19.3 Å². The van der Waals surface area contributed by atoms with Crippen molar-refractivity contribution in [2.24, 2.45) is 0 Å². The number of carboxylic acid groups (broad SMARTS) is 1. The summed E-state index contributed by atoms with van der Waals surface area (Å²) in [7, 11) is 1.60. The average Bonchev–Trinajstić information content (AvgIpc) is 3.04. The first-order chi connectivity index (χ1) is 11.1. The van der Waals surface area contributed by atoms with E-state index >= 15 is 0 Å². The lowest BCUT2D eigenvalue weighted by Gasteiger charge is -2.14. The van der Waals surface area contributed by atoms with Crippen LogP contribution in [0.2, 0.25) is 0 Å². The van der Waals surface area contributed by atoms with E-state index in [2.05, 4.69) is 5.32 Å². The number of benzene rings is 1. The molecule has 2 atom stereocenters. The number of aliphatic carboxylic acids is 1. The van der Waals surface area contributed by atoms with Crippen LogP contribution in [0.5, 0.6) is 5.75 Å². The molecule has 7 nitrogen and oxygen atoms in total. The van der Waals surface area contributed by atoms with Gasteiger partial charge in [0.2, 0.25) is 5.91 Å². The van der Waals surface area contributed by atoms with E-state index < -0.39 is 18.2 Å². The van der Waals surface area contributed by atoms with Gasteiger partial charge in [-0.05, 0) is 18.9 Å². The van der Waals surface area contributed by atoms with Gasteiger partial charge >= 0.3 is 5.97 Å². The molecule has 0 saturated carbocycles. The number of carboxylic acids is 1. The van der Waals surface area contributed by atoms with Gasteiger partial charge in [-0.1, -0.05) is 18.2 Å². The van der Waals surface area contributed by atoms with Crippen LogP contribution in [0.4, 0.5) is 0 Å². The quantitative estimate of drug-likeness (QED) is 0.692. The summed E-state index contributed by atoms with van der Waals surface area (Å²) in [6.07, 6.45) is -0.841. The topological polar surface area (TPSA) is 94.1 Å². The van der Waals surface area contributed by atoms with Crippen molar-refractivity contribution in [3.63, 3.8) is 0 Å². The fourth-order valence-electron chi connectivity index (χ4n) is 2.33. The second-order valence-corrected chi connectivity index (χ2v) is 5.20. The Balaban J connectivity index is 1.86. The van der Waals surface area contributed by atoms with Crippen molar-refractivity contribution in [2.75, 3.05) is 20.3 Å². The highest BCUT2D eigenvalue weighted by Crippen LogP contribution is 2.21. The van der Waals surface area contributed by atoms with Crippen molar-refractivity contribution in [1.82, 2.24) is 5.32 Å². The third-order valence-corrected chi connectivity index (χ3v) is 3.56. The second kappa shape index (κ2) is 8.50. The maximum atomic E-state index is 12.1. The highest BCUT2D eigenvalue weighted by Gasteiger charge is 2.34. The number of ether oxygens (including phenoxy) is 3. The summed E-state index contributed by atoms with van der Waals surface area (Å²) in [6, 6.07) is 7.39. The maximum absolute atomic E-state index is 12.1. The monoisotopic (exact) mass is 323 g/mol. The molecule has 2 rings (SSSR count). The van der Waals surface area contributed by atoms with Gasteiger partial charge in [-0.2, -0.15) is 0 Å². The molecule has 2 N–H and O–H groups in total. The summed E-state index contributed by atoms with van der Waals surface area (Å²) in [5.74, 6) is -0.654. The van der Waals surface area contributed by atoms with Crippen LogP contribution in [0.3, 0.4) is 0 Å². The molecule has 1 aromatic carbocycles. The first-order valence-electron chi connectivity index (χ1n) is 7.47. The summed E-state index contributed by atoms with van der Waals surface area (Å²) in [5.41, 5.74) is 0.838. The van der Waals surface area contributed by atoms with Crippen molar-refractivity contribution in [3.8, 4) is 5.75 Å². The lowest BCUT2D eigenvalue weighted by atomic mass is 10.1. The zero-order valence-electron chi connectivity index (χ0n) is 13.0. The minimum Gasteiger partial charge on any atom is -0.491 e. The Bertz CT molecular complexity index is 547. The molecule has 23 heavy (non-hydrogen) atoms. The third kappa shape index (κ3) is 4.94. The number of nitrogens with one attached hydrogen (secondary N) is 1. The Morgan fingerprint density at radius 3 is 2.70 bits per heavy atom. The number of hydrogen-bond acceptors (Lipinski definition) is 5. The van der Waals surface area contributed by atoms with Gasteiger partial charge in [-0.3, -0.25) is 4.79 Å². The predicted molar refractivity (Wildman–Crippen MR) is 81.2 cm³/mol. The van der Waals surface area contributed by atoms with Crippen molar-refractivity contribution >= 4 is 11.9 Å². The Morgan fingerprint density at radius 1 is 1.26 bits per heavy atom. The highest BCUT2D eigenvalue weighted by molar-refractivity contribution is 5.82. The van der Waals surface area contributed by atoms with E-state index in [1.165, 1.54) is 0 Å². The van der Waals surface area contributed by atoms with E-state index in [1.807, 2.05) is 24.3 Å². The largest absolute Gasteiger partial charge is 0.491 e. The number of amides is 1. The molecule has 7 heteroatoms. The van der Waals surface area contributed by atoms with Gasteiger partial charge < -0.3 is 24.6 Å². The number of methoxy groups -OCH3 is 1. The molecule has 0 bridgehead atoms. The summed E-state index contributed by atoms with van der Waals surface area (Å²) in [4.78, 5) is 22.9. The first kappa shape index (κ1) is 17.2. The number of carbonyl (C=O) groups excluding carboxylic acids is 1.